The molecule has 0 heterocycles. The number of benzene rings is 2. The molecule has 186 valence electrons. The highest BCUT2D eigenvalue weighted by atomic mass is 35.5. The summed E-state index contributed by atoms with van der Waals surface area (Å²) in [4.78, 5) is 28.1. The third kappa shape index (κ3) is 7.21. The summed E-state index contributed by atoms with van der Waals surface area (Å²) in [5.74, 6) is -0.720. The van der Waals surface area contributed by atoms with Gasteiger partial charge in [0.25, 0.3) is 0 Å². The molecule has 2 aromatic carbocycles. The lowest BCUT2D eigenvalue weighted by atomic mass is 10.1. The molecule has 0 aliphatic carbocycles. The molecule has 2 aromatic rings. The van der Waals surface area contributed by atoms with Crippen LogP contribution in [0.5, 0.6) is 0 Å². The van der Waals surface area contributed by atoms with E-state index in [1.54, 1.807) is 19.1 Å². The molecule has 2 amide bonds. The number of nitrogens with one attached hydrogen (secondary N) is 1. The predicted molar refractivity (Wildman–Crippen MR) is 137 cm³/mol. The second kappa shape index (κ2) is 12.2. The molecule has 0 unspecified atom stereocenters. The molecule has 0 saturated heterocycles. The number of amides is 2. The summed E-state index contributed by atoms with van der Waals surface area (Å²) in [5.41, 5.74) is 2.88. The second-order valence-electron chi connectivity index (χ2n) is 8.36. The highest BCUT2D eigenvalue weighted by Gasteiger charge is 2.32. The van der Waals surface area contributed by atoms with Gasteiger partial charge in [-0.1, -0.05) is 55.8 Å². The number of hydrogen-bond acceptors (Lipinski definition) is 4. The molecule has 1 atom stereocenters. The van der Waals surface area contributed by atoms with Crippen LogP contribution in [0.25, 0.3) is 0 Å². The molecule has 0 radical (unpaired) electrons. The number of aryl methyl sites for hydroxylation is 2. The van der Waals surface area contributed by atoms with E-state index in [4.69, 9.17) is 11.6 Å². The van der Waals surface area contributed by atoms with Gasteiger partial charge in [-0.15, -0.1) is 0 Å². The van der Waals surface area contributed by atoms with E-state index in [2.05, 4.69) is 5.32 Å². The van der Waals surface area contributed by atoms with E-state index in [1.165, 1.54) is 11.0 Å². The standard InChI is InChI=1S/C25H34ClN3O4S/c1-6-14-27-25(31)22(7-2)28(16-20-11-9-8-10-18(20)3)24(30)17-29(34(5,32)33)23-15-21(26)13-12-19(23)4/h8-13,15,22H,6-7,14,16-17H2,1-5H3,(H,27,31)/t22-/m0/s1. The molecule has 0 aromatic heterocycles. The van der Waals surface area contributed by atoms with Gasteiger partial charge in [-0.2, -0.15) is 0 Å². The van der Waals surface area contributed by atoms with Crippen LogP contribution in [0.2, 0.25) is 5.02 Å². The zero-order valence-corrected chi connectivity index (χ0v) is 22.0. The smallest absolute Gasteiger partial charge is 0.244 e. The van der Waals surface area contributed by atoms with Gasteiger partial charge >= 0.3 is 0 Å². The Balaban J connectivity index is 2.48. The lowest BCUT2D eigenvalue weighted by Gasteiger charge is -2.33. The van der Waals surface area contributed by atoms with Crippen molar-refractivity contribution in [3.8, 4) is 0 Å². The Hall–Kier alpha value is -2.58. The van der Waals surface area contributed by atoms with Crippen molar-refractivity contribution in [1.29, 1.82) is 0 Å². The van der Waals surface area contributed by atoms with Crippen LogP contribution in [0.4, 0.5) is 5.69 Å². The summed E-state index contributed by atoms with van der Waals surface area (Å²) in [6, 6.07) is 11.8. The van der Waals surface area contributed by atoms with Crippen LogP contribution in [-0.4, -0.2) is 50.5 Å². The molecule has 7 nitrogen and oxygen atoms in total. The molecule has 0 saturated carbocycles. The van der Waals surface area contributed by atoms with Gasteiger partial charge in [0.2, 0.25) is 21.8 Å². The summed E-state index contributed by atoms with van der Waals surface area (Å²) < 4.78 is 26.5. The summed E-state index contributed by atoms with van der Waals surface area (Å²) in [7, 11) is -3.81. The largest absolute Gasteiger partial charge is 0.354 e. The number of halogens is 1. The van der Waals surface area contributed by atoms with Crippen molar-refractivity contribution in [2.45, 2.75) is 53.1 Å². The van der Waals surface area contributed by atoms with Gasteiger partial charge in [0, 0.05) is 18.1 Å². The molecule has 0 aliphatic rings. The Morgan fingerprint density at radius 1 is 1.06 bits per heavy atom. The van der Waals surface area contributed by atoms with Gasteiger partial charge in [-0.3, -0.25) is 13.9 Å². The van der Waals surface area contributed by atoms with Crippen LogP contribution in [0.1, 0.15) is 43.4 Å². The molecular formula is C25H34ClN3O4S. The van der Waals surface area contributed by atoms with Crippen LogP contribution in [0.15, 0.2) is 42.5 Å². The lowest BCUT2D eigenvalue weighted by Crippen LogP contribution is -2.52. The normalized spacial score (nSPS) is 12.2. The fourth-order valence-electron chi connectivity index (χ4n) is 3.70. The zero-order chi connectivity index (χ0) is 25.5. The van der Waals surface area contributed by atoms with Crippen LogP contribution in [-0.2, 0) is 26.2 Å². The summed E-state index contributed by atoms with van der Waals surface area (Å²) in [6.45, 7) is 7.73. The molecular weight excluding hydrogens is 474 g/mol. The van der Waals surface area contributed by atoms with Gasteiger partial charge in [0.05, 0.1) is 11.9 Å². The van der Waals surface area contributed by atoms with E-state index in [0.717, 1.165) is 28.1 Å². The summed E-state index contributed by atoms with van der Waals surface area (Å²) >= 11 is 6.13. The molecule has 9 heteroatoms. The molecule has 0 fully saturated rings. The zero-order valence-electron chi connectivity index (χ0n) is 20.5. The number of carbonyl (C=O) groups is 2. The number of nitrogens with zero attached hydrogens (tertiary/aromatic N) is 2. The average molecular weight is 508 g/mol. The fourth-order valence-corrected chi connectivity index (χ4v) is 4.77. The second-order valence-corrected chi connectivity index (χ2v) is 10.7. The minimum absolute atomic E-state index is 0.190. The molecule has 0 bridgehead atoms. The number of anilines is 1. The quantitative estimate of drug-likeness (QED) is 0.497. The minimum atomic E-state index is -3.81. The van der Waals surface area contributed by atoms with Crippen molar-refractivity contribution in [1.82, 2.24) is 10.2 Å². The van der Waals surface area contributed by atoms with Crippen molar-refractivity contribution in [2.75, 3.05) is 23.7 Å². The monoisotopic (exact) mass is 507 g/mol. The molecule has 0 aliphatic heterocycles. The molecule has 0 spiro atoms. The van der Waals surface area contributed by atoms with Crippen LogP contribution in [0.3, 0.4) is 0 Å². The number of carbonyl (C=O) groups excluding carboxylic acids is 2. The van der Waals surface area contributed by atoms with Crippen molar-refractivity contribution in [2.24, 2.45) is 0 Å². The van der Waals surface area contributed by atoms with Crippen LogP contribution >= 0.6 is 11.6 Å². The molecule has 34 heavy (non-hydrogen) atoms. The predicted octanol–water partition coefficient (Wildman–Crippen LogP) is 4.06. The van der Waals surface area contributed by atoms with E-state index in [-0.39, 0.29) is 12.5 Å². The Kier molecular flexibility index (Phi) is 9.94. The highest BCUT2D eigenvalue weighted by Crippen LogP contribution is 2.27. The Labute approximate surface area is 208 Å². The maximum Gasteiger partial charge on any atom is 0.244 e. The van der Waals surface area contributed by atoms with Gasteiger partial charge in [0.1, 0.15) is 12.6 Å². The van der Waals surface area contributed by atoms with Crippen molar-refractivity contribution in [3.05, 3.63) is 64.2 Å². The Morgan fingerprint density at radius 3 is 2.32 bits per heavy atom. The first-order valence-electron chi connectivity index (χ1n) is 11.3. The van der Waals surface area contributed by atoms with E-state index in [9.17, 15) is 18.0 Å². The van der Waals surface area contributed by atoms with Gasteiger partial charge in [-0.25, -0.2) is 8.42 Å². The lowest BCUT2D eigenvalue weighted by molar-refractivity contribution is -0.140. The molecule has 2 rings (SSSR count). The first-order chi connectivity index (χ1) is 16.0. The van der Waals surface area contributed by atoms with Crippen LogP contribution in [0, 0.1) is 13.8 Å². The Bertz CT molecular complexity index is 1120. The van der Waals surface area contributed by atoms with E-state index < -0.39 is 28.5 Å². The first kappa shape index (κ1) is 27.7. The van der Waals surface area contributed by atoms with Crippen LogP contribution < -0.4 is 9.62 Å². The number of hydrogen-bond donors (Lipinski definition) is 1. The van der Waals surface area contributed by atoms with Crippen molar-refractivity contribution >= 4 is 39.1 Å². The Morgan fingerprint density at radius 2 is 1.74 bits per heavy atom. The molecule has 1 N–H and O–H groups in total. The van der Waals surface area contributed by atoms with Gasteiger partial charge in [-0.05, 0) is 55.5 Å². The third-order valence-electron chi connectivity index (χ3n) is 5.66. The summed E-state index contributed by atoms with van der Waals surface area (Å²) in [6.07, 6.45) is 2.21. The SMILES string of the molecule is CCCNC(=O)[C@H](CC)N(Cc1ccccc1C)C(=O)CN(c1cc(Cl)ccc1C)S(C)(=O)=O. The number of sulfonamides is 1. The van der Waals surface area contributed by atoms with E-state index in [1.807, 2.05) is 45.0 Å². The highest BCUT2D eigenvalue weighted by molar-refractivity contribution is 7.92. The minimum Gasteiger partial charge on any atom is -0.354 e. The summed E-state index contributed by atoms with van der Waals surface area (Å²) in [5, 5.41) is 3.23. The van der Waals surface area contributed by atoms with Gasteiger partial charge < -0.3 is 10.2 Å². The van der Waals surface area contributed by atoms with Crippen molar-refractivity contribution < 1.29 is 18.0 Å². The topological polar surface area (TPSA) is 86.8 Å². The first-order valence-corrected chi connectivity index (χ1v) is 13.6. The number of rotatable bonds is 11. The van der Waals surface area contributed by atoms with E-state index >= 15 is 0 Å². The fraction of sp³-hybridized carbons (Fsp3) is 0.440. The third-order valence-corrected chi connectivity index (χ3v) is 7.02. The van der Waals surface area contributed by atoms with Gasteiger partial charge in [0.15, 0.2) is 0 Å². The van der Waals surface area contributed by atoms with E-state index in [0.29, 0.717) is 29.2 Å². The average Bonchev–Trinajstić information content (AvgIpc) is 2.78. The van der Waals surface area contributed by atoms with Crippen molar-refractivity contribution in [3.63, 3.8) is 0 Å². The maximum absolute atomic E-state index is 13.7. The maximum atomic E-state index is 13.7.